The minimum atomic E-state index is -0.566. The van der Waals surface area contributed by atoms with Gasteiger partial charge in [0.15, 0.2) is 5.17 Å². The van der Waals surface area contributed by atoms with E-state index in [1.807, 2.05) is 0 Å². The molecule has 0 spiro atoms. The molecule has 0 aromatic heterocycles. The van der Waals surface area contributed by atoms with Gasteiger partial charge in [0, 0.05) is 13.8 Å². The molecule has 3 rings (SSSR count). The zero-order valence-corrected chi connectivity index (χ0v) is 17.9. The highest BCUT2D eigenvalue weighted by molar-refractivity contribution is 8.14. The molecule has 0 fully saturated rings. The normalized spacial score (nSPS) is 15.4. The zero-order chi connectivity index (χ0) is 21.8. The summed E-state index contributed by atoms with van der Waals surface area (Å²) >= 11 is 7.52. The number of nitrogens with zero attached hydrogens (tertiary/aromatic N) is 2. The summed E-state index contributed by atoms with van der Waals surface area (Å²) in [6.07, 6.45) is 0. The highest BCUT2D eigenvalue weighted by atomic mass is 35.5. The SMILES string of the molecule is COc1ccc(C(=O)Oc2ccc(C3SC(NC(C)=O)=NN3C(C)=O)cc2Cl)cc1. The van der Waals surface area contributed by atoms with E-state index >= 15 is 0 Å². The van der Waals surface area contributed by atoms with Crippen LogP contribution in [0.15, 0.2) is 47.6 Å². The molecule has 0 radical (unpaired) electrons. The molecule has 1 N–H and O–H groups in total. The molecule has 156 valence electrons. The average molecular weight is 448 g/mol. The number of hydrogen-bond donors (Lipinski definition) is 1. The van der Waals surface area contributed by atoms with Crippen LogP contribution in [0.25, 0.3) is 0 Å². The Morgan fingerprint density at radius 2 is 1.83 bits per heavy atom. The van der Waals surface area contributed by atoms with Crippen molar-refractivity contribution in [2.45, 2.75) is 19.2 Å². The molecule has 30 heavy (non-hydrogen) atoms. The summed E-state index contributed by atoms with van der Waals surface area (Å²) in [5.74, 6) is -0.340. The van der Waals surface area contributed by atoms with Gasteiger partial charge in [0.25, 0.3) is 0 Å². The monoisotopic (exact) mass is 447 g/mol. The molecule has 1 aliphatic rings. The highest BCUT2D eigenvalue weighted by Gasteiger charge is 2.32. The van der Waals surface area contributed by atoms with E-state index in [-0.39, 0.29) is 22.6 Å². The van der Waals surface area contributed by atoms with Crippen LogP contribution in [0, 0.1) is 0 Å². The summed E-state index contributed by atoms with van der Waals surface area (Å²) in [6, 6.07) is 11.3. The van der Waals surface area contributed by atoms with Crippen molar-refractivity contribution in [3.05, 3.63) is 58.6 Å². The summed E-state index contributed by atoms with van der Waals surface area (Å²) in [6.45, 7) is 2.73. The van der Waals surface area contributed by atoms with Crippen LogP contribution in [-0.2, 0) is 9.59 Å². The number of carbonyl (C=O) groups excluding carboxylic acids is 3. The smallest absolute Gasteiger partial charge is 0.343 e. The first kappa shape index (κ1) is 21.7. The third-order valence-corrected chi connectivity index (χ3v) is 5.42. The van der Waals surface area contributed by atoms with Crippen LogP contribution >= 0.6 is 23.4 Å². The largest absolute Gasteiger partial charge is 0.497 e. The molecular formula is C20H18ClN3O5S. The molecule has 0 aliphatic carbocycles. The molecule has 0 bridgehead atoms. The van der Waals surface area contributed by atoms with E-state index in [2.05, 4.69) is 10.4 Å². The van der Waals surface area contributed by atoms with E-state index in [4.69, 9.17) is 21.1 Å². The van der Waals surface area contributed by atoms with Gasteiger partial charge < -0.3 is 14.8 Å². The van der Waals surface area contributed by atoms with Crippen LogP contribution in [0.2, 0.25) is 5.02 Å². The van der Waals surface area contributed by atoms with Crippen molar-refractivity contribution in [2.24, 2.45) is 5.10 Å². The summed E-state index contributed by atoms with van der Waals surface area (Å²) in [5.41, 5.74) is 1.01. The molecule has 1 heterocycles. The van der Waals surface area contributed by atoms with E-state index in [0.717, 1.165) is 0 Å². The number of hydrazone groups is 1. The van der Waals surface area contributed by atoms with Gasteiger partial charge in [-0.15, -0.1) is 5.10 Å². The minimum Gasteiger partial charge on any atom is -0.497 e. The van der Waals surface area contributed by atoms with Crippen LogP contribution < -0.4 is 14.8 Å². The molecule has 1 aliphatic heterocycles. The third-order valence-electron chi connectivity index (χ3n) is 4.02. The Bertz CT molecular complexity index is 1030. The van der Waals surface area contributed by atoms with Crippen LogP contribution in [-0.4, -0.2) is 35.1 Å². The Morgan fingerprint density at radius 1 is 1.13 bits per heavy atom. The van der Waals surface area contributed by atoms with Gasteiger partial charge in [-0.25, -0.2) is 9.80 Å². The van der Waals surface area contributed by atoms with Crippen LogP contribution in [0.1, 0.15) is 35.1 Å². The van der Waals surface area contributed by atoms with Gasteiger partial charge in [-0.1, -0.05) is 29.4 Å². The minimum absolute atomic E-state index is 0.182. The van der Waals surface area contributed by atoms with Crippen molar-refractivity contribution in [1.82, 2.24) is 10.3 Å². The number of ether oxygens (including phenoxy) is 2. The summed E-state index contributed by atoms with van der Waals surface area (Å²) in [4.78, 5) is 35.6. The number of benzene rings is 2. The van der Waals surface area contributed by atoms with E-state index in [0.29, 0.717) is 22.0 Å². The zero-order valence-electron chi connectivity index (χ0n) is 16.3. The molecule has 0 saturated carbocycles. The number of rotatable bonds is 4. The highest BCUT2D eigenvalue weighted by Crippen LogP contribution is 2.41. The number of amides is 2. The van der Waals surface area contributed by atoms with Crippen molar-refractivity contribution in [1.29, 1.82) is 0 Å². The molecule has 2 aromatic rings. The van der Waals surface area contributed by atoms with Gasteiger partial charge in [0.05, 0.1) is 17.7 Å². The number of amidine groups is 1. The topological polar surface area (TPSA) is 97.3 Å². The number of carbonyl (C=O) groups is 3. The van der Waals surface area contributed by atoms with Crippen molar-refractivity contribution < 1.29 is 23.9 Å². The third kappa shape index (κ3) is 4.92. The van der Waals surface area contributed by atoms with Gasteiger partial charge in [0.2, 0.25) is 11.8 Å². The molecule has 8 nitrogen and oxygen atoms in total. The lowest BCUT2D eigenvalue weighted by Gasteiger charge is -2.19. The van der Waals surface area contributed by atoms with Gasteiger partial charge in [-0.3, -0.25) is 9.59 Å². The fourth-order valence-corrected chi connectivity index (χ4v) is 3.97. The molecular weight excluding hydrogens is 430 g/mol. The standard InChI is InChI=1S/C20H18ClN3O5S/c1-11(25)22-20-23-24(12(2)26)18(30-20)14-6-9-17(16(21)10-14)29-19(27)13-4-7-15(28-3)8-5-13/h4-10,18H,1-3H3,(H,22,23,25). The maximum Gasteiger partial charge on any atom is 0.343 e. The number of esters is 1. The van der Waals surface area contributed by atoms with E-state index in [1.165, 1.54) is 37.7 Å². The molecule has 1 atom stereocenters. The second-order valence-corrected chi connectivity index (χ2v) is 7.70. The first-order valence-corrected chi connectivity index (χ1v) is 10.0. The van der Waals surface area contributed by atoms with E-state index in [9.17, 15) is 14.4 Å². The number of thioether (sulfide) groups is 1. The van der Waals surface area contributed by atoms with Crippen molar-refractivity contribution in [3.8, 4) is 11.5 Å². The first-order chi connectivity index (χ1) is 14.3. The molecule has 2 amide bonds. The second-order valence-electron chi connectivity index (χ2n) is 6.23. The molecule has 2 aromatic carbocycles. The first-order valence-electron chi connectivity index (χ1n) is 8.77. The second kappa shape index (κ2) is 9.19. The van der Waals surface area contributed by atoms with E-state index < -0.39 is 11.3 Å². The number of hydrogen-bond acceptors (Lipinski definition) is 7. The lowest BCUT2D eigenvalue weighted by atomic mass is 10.2. The van der Waals surface area contributed by atoms with Crippen molar-refractivity contribution >= 4 is 46.3 Å². The Morgan fingerprint density at radius 3 is 2.40 bits per heavy atom. The van der Waals surface area contributed by atoms with Crippen LogP contribution in [0.5, 0.6) is 11.5 Å². The van der Waals surface area contributed by atoms with Gasteiger partial charge >= 0.3 is 5.97 Å². The lowest BCUT2D eigenvalue weighted by Crippen LogP contribution is -2.25. The average Bonchev–Trinajstić information content (AvgIpc) is 3.13. The molecule has 0 saturated heterocycles. The maximum atomic E-state index is 12.4. The van der Waals surface area contributed by atoms with Crippen molar-refractivity contribution in [3.63, 3.8) is 0 Å². The summed E-state index contributed by atoms with van der Waals surface area (Å²) in [5, 5.41) is 7.97. The maximum absolute atomic E-state index is 12.4. The lowest BCUT2D eigenvalue weighted by molar-refractivity contribution is -0.129. The number of halogens is 1. The molecule has 1 unspecified atom stereocenters. The fourth-order valence-electron chi connectivity index (χ4n) is 2.62. The Balaban J connectivity index is 1.76. The van der Waals surface area contributed by atoms with Crippen LogP contribution in [0.3, 0.4) is 0 Å². The van der Waals surface area contributed by atoms with Gasteiger partial charge in [-0.2, -0.15) is 0 Å². The number of nitrogens with one attached hydrogen (secondary N) is 1. The Labute approximate surface area is 182 Å². The van der Waals surface area contributed by atoms with Crippen LogP contribution in [0.4, 0.5) is 0 Å². The summed E-state index contributed by atoms with van der Waals surface area (Å²) < 4.78 is 10.5. The Hall–Kier alpha value is -3.04. The predicted octanol–water partition coefficient (Wildman–Crippen LogP) is 3.57. The van der Waals surface area contributed by atoms with Gasteiger partial charge in [-0.05, 0) is 42.0 Å². The van der Waals surface area contributed by atoms with Gasteiger partial charge in [0.1, 0.15) is 16.9 Å². The predicted molar refractivity (Wildman–Crippen MR) is 114 cm³/mol. The molecule has 10 heteroatoms. The summed E-state index contributed by atoms with van der Waals surface area (Å²) in [7, 11) is 1.54. The quantitative estimate of drug-likeness (QED) is 0.568. The Kier molecular flexibility index (Phi) is 6.63. The van der Waals surface area contributed by atoms with Crippen molar-refractivity contribution in [2.75, 3.05) is 7.11 Å². The van der Waals surface area contributed by atoms with E-state index in [1.54, 1.807) is 42.5 Å². The fraction of sp³-hybridized carbons (Fsp3) is 0.200. The number of methoxy groups -OCH3 is 1.